The maximum atomic E-state index is 5.99. The molecule has 0 bridgehead atoms. The van der Waals surface area contributed by atoms with Gasteiger partial charge in [0, 0.05) is 23.8 Å². The van der Waals surface area contributed by atoms with Crippen molar-refractivity contribution < 1.29 is 0 Å². The second kappa shape index (κ2) is 10.9. The Balaban J connectivity index is 1.23. The van der Waals surface area contributed by atoms with Crippen molar-refractivity contribution in [3.8, 4) is 22.5 Å². The highest BCUT2D eigenvalue weighted by molar-refractivity contribution is 5.82. The van der Waals surface area contributed by atoms with Crippen LogP contribution < -0.4 is 5.73 Å². The lowest BCUT2D eigenvalue weighted by Gasteiger charge is -2.46. The Kier molecular flexibility index (Phi) is 6.58. The molecule has 2 heterocycles. The molecule has 1 aliphatic heterocycles. The molecule has 218 valence electrons. The molecule has 1 aliphatic rings. The molecular weight excluding hydrogens is 548 g/mol. The van der Waals surface area contributed by atoms with Gasteiger partial charge >= 0.3 is 0 Å². The fourth-order valence-corrected chi connectivity index (χ4v) is 7.33. The summed E-state index contributed by atoms with van der Waals surface area (Å²) >= 11 is 0. The number of anilines is 1. The minimum absolute atomic E-state index is 0.183. The molecule has 0 aliphatic carbocycles. The number of fused-ring (bicyclic) bond motifs is 2. The summed E-state index contributed by atoms with van der Waals surface area (Å²) in [5.74, 6) is 0.846. The normalized spacial score (nSPS) is 14.9. The van der Waals surface area contributed by atoms with E-state index in [0.29, 0.717) is 0 Å². The van der Waals surface area contributed by atoms with Gasteiger partial charge in [0.05, 0.1) is 16.6 Å². The highest BCUT2D eigenvalue weighted by Gasteiger charge is 2.47. The summed E-state index contributed by atoms with van der Waals surface area (Å²) in [4.78, 5) is 10.9. The van der Waals surface area contributed by atoms with Gasteiger partial charge in [-0.25, -0.2) is 4.98 Å². The number of nitrogens with zero attached hydrogens (tertiary/aromatic N) is 2. The van der Waals surface area contributed by atoms with E-state index in [1.807, 2.05) is 18.2 Å². The summed E-state index contributed by atoms with van der Waals surface area (Å²) in [6.45, 7) is 3.18. The second-order valence-corrected chi connectivity index (χ2v) is 11.9. The van der Waals surface area contributed by atoms with E-state index in [9.17, 15) is 0 Å². The van der Waals surface area contributed by atoms with Gasteiger partial charge in [-0.15, -0.1) is 0 Å². The molecule has 3 N–H and O–H groups in total. The maximum Gasteiger partial charge on any atom is 0.138 e. The van der Waals surface area contributed by atoms with Crippen molar-refractivity contribution in [1.82, 2.24) is 14.9 Å². The number of nitrogens with two attached hydrogens (primary N) is 1. The third kappa shape index (κ3) is 4.45. The summed E-state index contributed by atoms with van der Waals surface area (Å²) in [6.07, 6.45) is 0. The van der Waals surface area contributed by atoms with Crippen molar-refractivity contribution in [2.24, 2.45) is 0 Å². The highest BCUT2D eigenvalue weighted by Crippen LogP contribution is 2.51. The zero-order chi connectivity index (χ0) is 30.4. The van der Waals surface area contributed by atoms with Gasteiger partial charge in [-0.1, -0.05) is 133 Å². The van der Waals surface area contributed by atoms with Crippen LogP contribution in [0.25, 0.3) is 33.5 Å². The molecule has 0 amide bonds. The predicted molar refractivity (Wildman–Crippen MR) is 185 cm³/mol. The minimum atomic E-state index is -0.478. The van der Waals surface area contributed by atoms with Crippen LogP contribution in [-0.4, -0.2) is 14.9 Å². The number of imidazole rings is 1. The average molecular weight is 583 g/mol. The van der Waals surface area contributed by atoms with Crippen molar-refractivity contribution in [3.63, 3.8) is 0 Å². The first-order valence-electron chi connectivity index (χ1n) is 15.5. The highest BCUT2D eigenvalue weighted by atomic mass is 15.2. The number of hydrogen-bond acceptors (Lipinski definition) is 3. The average Bonchev–Trinajstić information content (AvgIpc) is 3.68. The zero-order valence-electron chi connectivity index (χ0n) is 25.2. The lowest BCUT2D eigenvalue weighted by Crippen LogP contribution is -2.46. The Morgan fingerprint density at radius 2 is 1.24 bits per heavy atom. The maximum absolute atomic E-state index is 5.99. The van der Waals surface area contributed by atoms with E-state index < -0.39 is 5.54 Å². The van der Waals surface area contributed by atoms with Crippen LogP contribution in [0.2, 0.25) is 0 Å². The van der Waals surface area contributed by atoms with E-state index in [1.54, 1.807) is 0 Å². The monoisotopic (exact) mass is 582 g/mol. The van der Waals surface area contributed by atoms with Crippen molar-refractivity contribution >= 4 is 16.7 Å². The number of aromatic amines is 1. The third-order valence-electron chi connectivity index (χ3n) is 9.44. The van der Waals surface area contributed by atoms with E-state index in [1.165, 1.54) is 38.9 Å². The Morgan fingerprint density at radius 3 is 1.84 bits per heavy atom. The topological polar surface area (TPSA) is 57.9 Å². The number of nitrogen functional groups attached to an aromatic ring is 1. The standard InChI is InChI=1S/C41H34N4/c1-28-35-18-11-19-36(29-20-22-30(23-21-29)40-43-38-25-24-34(42)26-39(38)44-40)37(35)27-45(28)41(31-12-5-2-6-13-31,32-14-7-3-8-15-32)33-16-9-4-10-17-33/h2-26,28H,27,42H2,1H3,(H,43,44). The molecule has 6 aromatic carbocycles. The van der Waals surface area contributed by atoms with E-state index >= 15 is 0 Å². The SMILES string of the molecule is CC1c2cccc(-c3ccc(-c4nc5ccc(N)cc5[nH]4)cc3)c2CN1C(c1ccccc1)(c1ccccc1)c1ccccc1. The van der Waals surface area contributed by atoms with Crippen LogP contribution >= 0.6 is 0 Å². The van der Waals surface area contributed by atoms with Gasteiger partial charge < -0.3 is 10.7 Å². The van der Waals surface area contributed by atoms with Crippen LogP contribution in [0.5, 0.6) is 0 Å². The fourth-order valence-electron chi connectivity index (χ4n) is 7.33. The molecular formula is C41H34N4. The third-order valence-corrected chi connectivity index (χ3v) is 9.44. The molecule has 0 radical (unpaired) electrons. The number of hydrogen-bond donors (Lipinski definition) is 2. The van der Waals surface area contributed by atoms with Gasteiger partial charge in [-0.2, -0.15) is 0 Å². The number of benzene rings is 6. The van der Waals surface area contributed by atoms with Crippen LogP contribution in [0.1, 0.15) is 40.8 Å². The molecule has 0 saturated heterocycles. The van der Waals surface area contributed by atoms with Gasteiger partial charge in [-0.05, 0) is 64.1 Å². The van der Waals surface area contributed by atoms with Crippen LogP contribution in [0.4, 0.5) is 5.69 Å². The van der Waals surface area contributed by atoms with E-state index in [-0.39, 0.29) is 6.04 Å². The second-order valence-electron chi connectivity index (χ2n) is 11.9. The first-order valence-corrected chi connectivity index (χ1v) is 15.5. The summed E-state index contributed by atoms with van der Waals surface area (Å²) < 4.78 is 0. The Morgan fingerprint density at radius 1 is 0.667 bits per heavy atom. The molecule has 0 spiro atoms. The molecule has 1 aromatic heterocycles. The van der Waals surface area contributed by atoms with Crippen LogP contribution in [0, 0.1) is 0 Å². The van der Waals surface area contributed by atoms with Gasteiger partial charge in [-0.3, -0.25) is 4.90 Å². The molecule has 0 saturated carbocycles. The Hall–Kier alpha value is -5.45. The van der Waals surface area contributed by atoms with Crippen molar-refractivity contribution in [1.29, 1.82) is 0 Å². The summed E-state index contributed by atoms with van der Waals surface area (Å²) in [6, 6.07) is 54.5. The Labute approximate surface area is 263 Å². The van der Waals surface area contributed by atoms with E-state index in [4.69, 9.17) is 10.7 Å². The first kappa shape index (κ1) is 27.1. The molecule has 1 atom stereocenters. The zero-order valence-corrected chi connectivity index (χ0v) is 25.2. The lowest BCUT2D eigenvalue weighted by molar-refractivity contribution is 0.118. The quantitative estimate of drug-likeness (QED) is 0.152. The molecule has 4 heteroatoms. The predicted octanol–water partition coefficient (Wildman–Crippen LogP) is 9.35. The lowest BCUT2D eigenvalue weighted by atomic mass is 9.75. The van der Waals surface area contributed by atoms with E-state index in [2.05, 4.69) is 150 Å². The molecule has 1 unspecified atom stereocenters. The molecule has 4 nitrogen and oxygen atoms in total. The molecule has 0 fully saturated rings. The number of aromatic nitrogens is 2. The molecule has 7 aromatic rings. The Bertz CT molecular complexity index is 2000. The number of H-pyrrole nitrogens is 1. The molecule has 45 heavy (non-hydrogen) atoms. The van der Waals surface area contributed by atoms with Gasteiger partial charge in [0.25, 0.3) is 0 Å². The van der Waals surface area contributed by atoms with E-state index in [0.717, 1.165) is 34.7 Å². The summed E-state index contributed by atoms with van der Waals surface area (Å²) in [5, 5.41) is 0. The van der Waals surface area contributed by atoms with Gasteiger partial charge in [0.2, 0.25) is 0 Å². The number of nitrogens with one attached hydrogen (secondary N) is 1. The van der Waals surface area contributed by atoms with Crippen molar-refractivity contribution in [2.45, 2.75) is 25.0 Å². The summed E-state index contributed by atoms with van der Waals surface area (Å²) in [7, 11) is 0. The van der Waals surface area contributed by atoms with Gasteiger partial charge in [0.15, 0.2) is 0 Å². The van der Waals surface area contributed by atoms with Crippen molar-refractivity contribution in [2.75, 3.05) is 5.73 Å². The number of rotatable bonds is 6. The minimum Gasteiger partial charge on any atom is -0.399 e. The van der Waals surface area contributed by atoms with Crippen molar-refractivity contribution in [3.05, 3.63) is 179 Å². The van der Waals surface area contributed by atoms with Crippen LogP contribution in [0.15, 0.2) is 152 Å². The van der Waals surface area contributed by atoms with Gasteiger partial charge in [0.1, 0.15) is 5.82 Å². The smallest absolute Gasteiger partial charge is 0.138 e. The largest absolute Gasteiger partial charge is 0.399 e. The van der Waals surface area contributed by atoms with Crippen LogP contribution in [0.3, 0.4) is 0 Å². The molecule has 8 rings (SSSR count). The fraction of sp³-hybridized carbons (Fsp3) is 0.0976. The summed E-state index contributed by atoms with van der Waals surface area (Å²) in [5.41, 5.74) is 18.2. The van der Waals surface area contributed by atoms with Crippen LogP contribution in [-0.2, 0) is 12.1 Å². The first-order chi connectivity index (χ1) is 22.1.